The predicted octanol–water partition coefficient (Wildman–Crippen LogP) is -0.685. The van der Waals surface area contributed by atoms with E-state index in [1.54, 1.807) is 0 Å². The summed E-state index contributed by atoms with van der Waals surface area (Å²) in [6, 6.07) is 0. The molecule has 0 aromatic carbocycles. The summed E-state index contributed by atoms with van der Waals surface area (Å²) in [4.78, 5) is 10.4. The average molecular weight is 216 g/mol. The predicted molar refractivity (Wildman–Crippen MR) is 49.7 cm³/mol. The Balaban J connectivity index is 0. The molecule has 0 bridgehead atoms. The summed E-state index contributed by atoms with van der Waals surface area (Å²) in [5.74, 6) is -1.02. The molecule has 71 valence electrons. The largest absolute Gasteiger partial charge is 0.366 e. The fraction of sp³-hybridized carbons (Fsp3) is 0.500. The topological polar surface area (TPSA) is 97.5 Å². The van der Waals surface area contributed by atoms with Crippen molar-refractivity contribution in [2.75, 3.05) is 5.75 Å². The molecule has 0 saturated heterocycles. The Kier molecular flexibility index (Phi) is 7.86. The third-order valence-corrected chi connectivity index (χ3v) is 2.03. The summed E-state index contributed by atoms with van der Waals surface area (Å²) in [7, 11) is -3.94. The summed E-state index contributed by atoms with van der Waals surface area (Å²) in [6.07, 6.45) is 0.343. The molecule has 1 radical (unpaired) electrons. The fourth-order valence-electron chi connectivity index (χ4n) is 0.591. The van der Waals surface area contributed by atoms with Crippen LogP contribution in [0.25, 0.3) is 0 Å². The van der Waals surface area contributed by atoms with Crippen molar-refractivity contribution in [2.24, 2.45) is 5.73 Å². The van der Waals surface area contributed by atoms with Crippen LogP contribution in [0.5, 0.6) is 0 Å². The molecule has 0 aliphatic heterocycles. The maximum absolute atomic E-state index is 10.4. The second kappa shape index (κ2) is 6.56. The van der Waals surface area contributed by atoms with Gasteiger partial charge in [-0.1, -0.05) is 6.58 Å². The van der Waals surface area contributed by atoms with Gasteiger partial charge in [0, 0.05) is 35.1 Å². The van der Waals surface area contributed by atoms with Gasteiger partial charge >= 0.3 is 0 Å². The minimum Gasteiger partial charge on any atom is -0.366 e. The van der Waals surface area contributed by atoms with Crippen molar-refractivity contribution >= 4 is 45.6 Å². The van der Waals surface area contributed by atoms with Crippen molar-refractivity contribution < 1.29 is 17.8 Å². The van der Waals surface area contributed by atoms with E-state index in [0.717, 1.165) is 0 Å². The van der Waals surface area contributed by atoms with Crippen molar-refractivity contribution in [2.45, 2.75) is 12.8 Å². The normalized spacial score (nSPS) is 10.2. The van der Waals surface area contributed by atoms with Crippen LogP contribution >= 0.6 is 0 Å². The van der Waals surface area contributed by atoms with Crippen LogP contribution in [0.4, 0.5) is 0 Å². The Morgan fingerprint density at radius 3 is 2.23 bits per heavy atom. The molecule has 0 spiro atoms. The van der Waals surface area contributed by atoms with E-state index in [4.69, 9.17) is 10.3 Å². The molecule has 0 unspecified atom stereocenters. The van der Waals surface area contributed by atoms with Crippen molar-refractivity contribution in [1.82, 2.24) is 0 Å². The van der Waals surface area contributed by atoms with E-state index in [0.29, 0.717) is 0 Å². The summed E-state index contributed by atoms with van der Waals surface area (Å²) < 4.78 is 28.7. The number of carbonyl (C=O) groups is 1. The Bertz CT molecular complexity index is 285. The molecule has 0 rings (SSSR count). The summed E-state index contributed by atoms with van der Waals surface area (Å²) in [5, 5.41) is 0. The summed E-state index contributed by atoms with van der Waals surface area (Å²) in [5.41, 5.74) is 5.00. The van der Waals surface area contributed by atoms with E-state index in [2.05, 4.69) is 6.58 Å². The van der Waals surface area contributed by atoms with E-state index < -0.39 is 16.0 Å². The first-order valence-electron chi connectivity index (χ1n) is 3.25. The van der Waals surface area contributed by atoms with Crippen LogP contribution in [0.3, 0.4) is 0 Å². The van der Waals surface area contributed by atoms with Gasteiger partial charge in [-0.05, 0) is 12.8 Å². The van der Waals surface area contributed by atoms with Gasteiger partial charge in [-0.25, -0.2) is 0 Å². The van der Waals surface area contributed by atoms with Crippen LogP contribution in [0, 0.1) is 0 Å². The standard InChI is InChI=1S/C6H11NO4S.Na/c1-5(6(7)8)3-2-4-12(9,10)11;/h1-4H2,(H2,7,8)(H,9,10,11);. The van der Waals surface area contributed by atoms with Gasteiger partial charge in [-0.3, -0.25) is 9.35 Å². The minimum absolute atomic E-state index is 0. The monoisotopic (exact) mass is 216 g/mol. The van der Waals surface area contributed by atoms with Gasteiger partial charge in [-0.15, -0.1) is 0 Å². The van der Waals surface area contributed by atoms with Crippen molar-refractivity contribution in [3.63, 3.8) is 0 Å². The van der Waals surface area contributed by atoms with E-state index >= 15 is 0 Å². The zero-order valence-corrected chi connectivity index (χ0v) is 10.3. The minimum atomic E-state index is -3.94. The average Bonchev–Trinajstić information content (AvgIpc) is 1.84. The summed E-state index contributed by atoms with van der Waals surface area (Å²) >= 11 is 0. The molecule has 7 heteroatoms. The van der Waals surface area contributed by atoms with Gasteiger partial charge in [0.05, 0.1) is 5.75 Å². The molecule has 0 aromatic heterocycles. The zero-order valence-electron chi connectivity index (χ0n) is 7.49. The maximum Gasteiger partial charge on any atom is 0.264 e. The Hall–Kier alpha value is 0.120. The van der Waals surface area contributed by atoms with Gasteiger partial charge in [0.15, 0.2) is 0 Å². The van der Waals surface area contributed by atoms with Gasteiger partial charge in [0.25, 0.3) is 10.1 Å². The molecule has 0 atom stereocenters. The molecule has 5 nitrogen and oxygen atoms in total. The molecule has 0 fully saturated rings. The SMILES string of the molecule is C=C(CCCS(=O)(=O)O)C(N)=O.[Na]. The van der Waals surface area contributed by atoms with Crippen molar-refractivity contribution in [1.29, 1.82) is 0 Å². The third-order valence-electron chi connectivity index (χ3n) is 1.23. The fourth-order valence-corrected chi connectivity index (χ4v) is 1.10. The van der Waals surface area contributed by atoms with E-state index in [1.165, 1.54) is 0 Å². The Labute approximate surface area is 99.4 Å². The maximum atomic E-state index is 10.4. The number of amides is 1. The number of nitrogens with two attached hydrogens (primary N) is 1. The second-order valence-corrected chi connectivity index (χ2v) is 3.93. The molecule has 0 heterocycles. The molecule has 0 aliphatic carbocycles. The Morgan fingerprint density at radius 2 is 1.92 bits per heavy atom. The van der Waals surface area contributed by atoms with Crippen LogP contribution in [0.1, 0.15) is 12.8 Å². The molecule has 0 aliphatic rings. The van der Waals surface area contributed by atoms with Crippen LogP contribution in [0.2, 0.25) is 0 Å². The van der Waals surface area contributed by atoms with Gasteiger partial charge < -0.3 is 5.73 Å². The summed E-state index contributed by atoms with van der Waals surface area (Å²) in [6.45, 7) is 3.32. The van der Waals surface area contributed by atoms with E-state index in [1.807, 2.05) is 0 Å². The first-order chi connectivity index (χ1) is 5.33. The third kappa shape index (κ3) is 10.0. The molecular formula is C6H11NNaO4S. The molecular weight excluding hydrogens is 205 g/mol. The first-order valence-corrected chi connectivity index (χ1v) is 4.86. The van der Waals surface area contributed by atoms with Gasteiger partial charge in [-0.2, -0.15) is 8.42 Å². The zero-order chi connectivity index (χ0) is 9.78. The van der Waals surface area contributed by atoms with E-state index in [-0.39, 0.29) is 53.7 Å². The number of rotatable bonds is 5. The first kappa shape index (κ1) is 15.6. The number of hydrogen-bond acceptors (Lipinski definition) is 3. The van der Waals surface area contributed by atoms with Crippen LogP contribution < -0.4 is 5.73 Å². The molecule has 0 saturated carbocycles. The number of primary amides is 1. The van der Waals surface area contributed by atoms with Gasteiger partial charge in [0.1, 0.15) is 0 Å². The molecule has 0 aromatic rings. The Morgan fingerprint density at radius 1 is 1.46 bits per heavy atom. The van der Waals surface area contributed by atoms with Crippen LogP contribution in [-0.2, 0) is 14.9 Å². The van der Waals surface area contributed by atoms with Crippen molar-refractivity contribution in [3.05, 3.63) is 12.2 Å². The van der Waals surface area contributed by atoms with Crippen molar-refractivity contribution in [3.8, 4) is 0 Å². The molecule has 3 N–H and O–H groups in total. The smallest absolute Gasteiger partial charge is 0.264 e. The quantitative estimate of drug-likeness (QED) is 0.361. The molecule has 13 heavy (non-hydrogen) atoms. The van der Waals surface area contributed by atoms with Gasteiger partial charge in [0.2, 0.25) is 5.91 Å². The molecule has 1 amide bonds. The van der Waals surface area contributed by atoms with E-state index in [9.17, 15) is 13.2 Å². The van der Waals surface area contributed by atoms with Crippen LogP contribution in [-0.4, -0.2) is 54.2 Å². The second-order valence-electron chi connectivity index (χ2n) is 2.36. The van der Waals surface area contributed by atoms with Crippen LogP contribution in [0.15, 0.2) is 12.2 Å². The number of carbonyl (C=O) groups excluding carboxylic acids is 1. The number of hydrogen-bond donors (Lipinski definition) is 2.